The summed E-state index contributed by atoms with van der Waals surface area (Å²) in [6, 6.07) is 4.65. The minimum absolute atomic E-state index is 0.347. The second-order valence-electron chi connectivity index (χ2n) is 3.69. The number of ether oxygens (including phenoxy) is 2. The maximum atomic E-state index is 11.9. The molecular weight excluding hydrogens is 329 g/mol. The summed E-state index contributed by atoms with van der Waals surface area (Å²) in [5.41, 5.74) is 0.347. The maximum Gasteiger partial charge on any atom is 0.391 e. The number of hydrogen-bond donors (Lipinski definition) is 0. The van der Waals surface area contributed by atoms with E-state index in [0.717, 1.165) is 0 Å². The number of benzene rings is 1. The van der Waals surface area contributed by atoms with Gasteiger partial charge in [0.05, 0.1) is 24.6 Å². The smallest absolute Gasteiger partial charge is 0.391 e. The van der Waals surface area contributed by atoms with Crippen molar-refractivity contribution < 1.29 is 27.4 Å². The Bertz CT molecular complexity index is 446. The molecule has 0 radical (unpaired) electrons. The predicted molar refractivity (Wildman–Crippen MR) is 66.5 cm³/mol. The van der Waals surface area contributed by atoms with Crippen LogP contribution in [0.15, 0.2) is 22.7 Å². The van der Waals surface area contributed by atoms with Crippen LogP contribution in [0.2, 0.25) is 0 Å². The summed E-state index contributed by atoms with van der Waals surface area (Å²) in [7, 11) is 1.49. The number of rotatable bonds is 6. The number of methoxy groups -OCH3 is 1. The van der Waals surface area contributed by atoms with Gasteiger partial charge in [-0.1, -0.05) is 0 Å². The van der Waals surface area contributed by atoms with Gasteiger partial charge in [0.25, 0.3) is 0 Å². The Morgan fingerprint density at radius 3 is 2.58 bits per heavy atom. The Hall–Kier alpha value is -1.08. The molecule has 0 aromatic heterocycles. The van der Waals surface area contributed by atoms with Crippen LogP contribution in [0.25, 0.3) is 0 Å². The Morgan fingerprint density at radius 1 is 1.37 bits per heavy atom. The summed E-state index contributed by atoms with van der Waals surface area (Å²) in [6.07, 6.45) is -5.33. The van der Waals surface area contributed by atoms with Gasteiger partial charge in [-0.05, 0) is 34.1 Å². The second-order valence-corrected chi connectivity index (χ2v) is 4.54. The lowest BCUT2D eigenvalue weighted by Crippen LogP contribution is -2.15. The van der Waals surface area contributed by atoms with E-state index in [-0.39, 0.29) is 12.4 Å². The molecule has 0 unspecified atom stereocenters. The molecule has 7 heteroatoms. The molecule has 0 aliphatic rings. The molecule has 1 aromatic rings. The summed E-state index contributed by atoms with van der Waals surface area (Å²) in [4.78, 5) is 11.7. The number of hydrogen-bond acceptors (Lipinski definition) is 3. The first kappa shape index (κ1) is 16.0. The van der Waals surface area contributed by atoms with E-state index in [1.807, 2.05) is 0 Å². The molecule has 0 N–H and O–H groups in total. The molecule has 0 aliphatic carbocycles. The molecule has 1 rings (SSSR count). The van der Waals surface area contributed by atoms with Crippen molar-refractivity contribution in [1.29, 1.82) is 0 Å². The van der Waals surface area contributed by atoms with Gasteiger partial charge in [0, 0.05) is 5.56 Å². The van der Waals surface area contributed by atoms with E-state index in [4.69, 9.17) is 9.47 Å². The van der Waals surface area contributed by atoms with Crippen molar-refractivity contribution in [3.63, 3.8) is 0 Å². The molecule has 3 nitrogen and oxygen atoms in total. The van der Waals surface area contributed by atoms with E-state index >= 15 is 0 Å². The quantitative estimate of drug-likeness (QED) is 0.586. The molecule has 0 aliphatic heterocycles. The minimum atomic E-state index is -4.27. The zero-order valence-corrected chi connectivity index (χ0v) is 11.7. The minimum Gasteiger partial charge on any atom is -0.496 e. The van der Waals surface area contributed by atoms with E-state index in [0.29, 0.717) is 15.8 Å². The zero-order valence-electron chi connectivity index (χ0n) is 10.1. The van der Waals surface area contributed by atoms with E-state index in [2.05, 4.69) is 15.9 Å². The van der Waals surface area contributed by atoms with Crippen molar-refractivity contribution in [2.24, 2.45) is 0 Å². The number of carbonyl (C=O) groups excluding carboxylic acids is 1. The first-order chi connectivity index (χ1) is 8.83. The molecular formula is C12H12BrF3O3. The van der Waals surface area contributed by atoms with Crippen LogP contribution in [0.4, 0.5) is 13.2 Å². The average molecular weight is 341 g/mol. The lowest BCUT2D eigenvalue weighted by atomic mass is 10.1. The highest BCUT2D eigenvalue weighted by Gasteiger charge is 2.26. The molecule has 0 heterocycles. The number of halogens is 4. The summed E-state index contributed by atoms with van der Waals surface area (Å²) in [5.74, 6) is 0.181. The van der Waals surface area contributed by atoms with Gasteiger partial charge in [0.2, 0.25) is 0 Å². The van der Waals surface area contributed by atoms with E-state index in [1.165, 1.54) is 19.2 Å². The van der Waals surface area contributed by atoms with Crippen LogP contribution in [-0.2, 0) is 4.74 Å². The SMILES string of the molecule is COc1ccc(C(=O)COCCC(F)(F)F)cc1Br. The number of ketones is 1. The molecule has 0 fully saturated rings. The normalized spacial score (nSPS) is 11.4. The molecule has 0 amide bonds. The molecule has 0 atom stereocenters. The molecule has 19 heavy (non-hydrogen) atoms. The molecule has 0 spiro atoms. The summed E-state index contributed by atoms with van der Waals surface area (Å²) >= 11 is 3.22. The van der Waals surface area contributed by atoms with Crippen LogP contribution in [0.3, 0.4) is 0 Å². The van der Waals surface area contributed by atoms with Crippen molar-refractivity contribution in [3.8, 4) is 5.75 Å². The molecule has 106 valence electrons. The molecule has 0 bridgehead atoms. The van der Waals surface area contributed by atoms with Crippen molar-refractivity contribution >= 4 is 21.7 Å². The number of Topliss-reactive ketones (excluding diaryl/α,β-unsaturated/α-hetero) is 1. The second kappa shape index (κ2) is 6.91. The standard InChI is InChI=1S/C12H12BrF3O3/c1-18-11-3-2-8(6-9(11)13)10(17)7-19-5-4-12(14,15)16/h2-3,6H,4-5,7H2,1H3. The fourth-order valence-electron chi connectivity index (χ4n) is 1.28. The van der Waals surface area contributed by atoms with E-state index < -0.39 is 19.2 Å². The summed E-state index contributed by atoms with van der Waals surface area (Å²) in [6.45, 7) is -0.901. The van der Waals surface area contributed by atoms with E-state index in [1.54, 1.807) is 6.07 Å². The van der Waals surface area contributed by atoms with Crippen molar-refractivity contribution in [2.45, 2.75) is 12.6 Å². The van der Waals surface area contributed by atoms with Gasteiger partial charge in [-0.2, -0.15) is 13.2 Å². The van der Waals surface area contributed by atoms with Gasteiger partial charge in [0.15, 0.2) is 5.78 Å². The third-order valence-electron chi connectivity index (χ3n) is 2.24. The molecule has 0 saturated heterocycles. The lowest BCUT2D eigenvalue weighted by Gasteiger charge is -2.08. The van der Waals surface area contributed by atoms with Crippen LogP contribution < -0.4 is 4.74 Å². The highest BCUT2D eigenvalue weighted by molar-refractivity contribution is 9.10. The van der Waals surface area contributed by atoms with Crippen LogP contribution in [-0.4, -0.2) is 32.3 Å². The van der Waals surface area contributed by atoms with Crippen LogP contribution in [0.1, 0.15) is 16.8 Å². The van der Waals surface area contributed by atoms with Gasteiger partial charge in [0.1, 0.15) is 12.4 Å². The van der Waals surface area contributed by atoms with Gasteiger partial charge in [-0.3, -0.25) is 4.79 Å². The Kier molecular flexibility index (Phi) is 5.81. The maximum absolute atomic E-state index is 11.9. The molecule has 1 aromatic carbocycles. The van der Waals surface area contributed by atoms with Crippen LogP contribution in [0.5, 0.6) is 5.75 Å². The topological polar surface area (TPSA) is 35.5 Å². The third-order valence-corrected chi connectivity index (χ3v) is 2.86. The van der Waals surface area contributed by atoms with Crippen molar-refractivity contribution in [3.05, 3.63) is 28.2 Å². The summed E-state index contributed by atoms with van der Waals surface area (Å²) < 4.78 is 45.9. The fourth-order valence-corrected chi connectivity index (χ4v) is 1.82. The van der Waals surface area contributed by atoms with Crippen LogP contribution >= 0.6 is 15.9 Å². The van der Waals surface area contributed by atoms with Gasteiger partial charge < -0.3 is 9.47 Å². The summed E-state index contributed by atoms with van der Waals surface area (Å²) in [5, 5.41) is 0. The van der Waals surface area contributed by atoms with Crippen molar-refractivity contribution in [1.82, 2.24) is 0 Å². The Morgan fingerprint density at radius 2 is 2.05 bits per heavy atom. The predicted octanol–water partition coefficient (Wildman–Crippen LogP) is 3.61. The van der Waals surface area contributed by atoms with Gasteiger partial charge >= 0.3 is 6.18 Å². The average Bonchev–Trinajstić information content (AvgIpc) is 2.33. The van der Waals surface area contributed by atoms with Crippen LogP contribution in [0, 0.1) is 0 Å². The number of alkyl halides is 3. The largest absolute Gasteiger partial charge is 0.496 e. The monoisotopic (exact) mass is 340 g/mol. The van der Waals surface area contributed by atoms with Gasteiger partial charge in [-0.15, -0.1) is 0 Å². The highest BCUT2D eigenvalue weighted by atomic mass is 79.9. The third kappa shape index (κ3) is 5.61. The Labute approximate surface area is 116 Å². The molecule has 0 saturated carbocycles. The highest BCUT2D eigenvalue weighted by Crippen LogP contribution is 2.25. The number of carbonyl (C=O) groups is 1. The van der Waals surface area contributed by atoms with Crippen molar-refractivity contribution in [2.75, 3.05) is 20.3 Å². The zero-order chi connectivity index (χ0) is 14.5. The van der Waals surface area contributed by atoms with E-state index in [9.17, 15) is 18.0 Å². The lowest BCUT2D eigenvalue weighted by molar-refractivity contribution is -0.144. The Balaban J connectivity index is 2.48. The first-order valence-electron chi connectivity index (χ1n) is 5.34. The van der Waals surface area contributed by atoms with Gasteiger partial charge in [-0.25, -0.2) is 0 Å². The first-order valence-corrected chi connectivity index (χ1v) is 6.14. The fraction of sp³-hybridized carbons (Fsp3) is 0.417.